The van der Waals surface area contributed by atoms with Crippen molar-refractivity contribution in [2.45, 2.75) is 13.8 Å². The number of rotatable bonds is 5. The summed E-state index contributed by atoms with van der Waals surface area (Å²) in [5, 5.41) is 0. The van der Waals surface area contributed by atoms with Crippen LogP contribution < -0.4 is 18.9 Å². The van der Waals surface area contributed by atoms with Crippen LogP contribution in [0.4, 0.5) is 0 Å². The molecule has 0 heterocycles. The van der Waals surface area contributed by atoms with Crippen LogP contribution in [0, 0.1) is 6.07 Å². The van der Waals surface area contributed by atoms with E-state index in [-0.39, 0.29) is 44.2 Å². The first-order chi connectivity index (χ1) is 11.5. The molecule has 0 amide bonds. The van der Waals surface area contributed by atoms with Crippen LogP contribution in [0.1, 0.15) is 13.8 Å². The molecule has 0 unspecified atom stereocenters. The second-order valence-electron chi connectivity index (χ2n) is 4.77. The fraction of sp³-hybridized carbons (Fsp3) is 0.222. The van der Waals surface area contributed by atoms with Crippen LogP contribution in [-0.2, 0) is 42.3 Å². The second-order valence-corrected chi connectivity index (χ2v) is 4.77. The van der Waals surface area contributed by atoms with Gasteiger partial charge in [0.05, 0.1) is 14.2 Å². The van der Waals surface area contributed by atoms with E-state index in [0.29, 0.717) is 22.6 Å². The zero-order valence-corrected chi connectivity index (χ0v) is 17.3. The molecule has 2 aromatic carbocycles. The van der Waals surface area contributed by atoms with Gasteiger partial charge in [-0.3, -0.25) is 9.59 Å². The number of carbonyl (C=O) groups is 2. The summed E-state index contributed by atoms with van der Waals surface area (Å²) in [6.07, 6.45) is 0. The number of ether oxygens (including phenoxy) is 4. The molecule has 0 aliphatic heterocycles. The summed E-state index contributed by atoms with van der Waals surface area (Å²) in [4.78, 5) is 22.9. The van der Waals surface area contributed by atoms with Gasteiger partial charge in [-0.25, -0.2) is 0 Å². The number of benzene rings is 2. The minimum Gasteiger partial charge on any atom is -0.522 e. The van der Waals surface area contributed by atoms with Gasteiger partial charge in [0, 0.05) is 63.6 Å². The molecule has 7 heteroatoms. The van der Waals surface area contributed by atoms with Crippen molar-refractivity contribution < 1.29 is 61.2 Å². The van der Waals surface area contributed by atoms with E-state index in [1.165, 1.54) is 28.1 Å². The number of methoxy groups -OCH3 is 2. The van der Waals surface area contributed by atoms with Crippen LogP contribution in [0.2, 0.25) is 0 Å². The van der Waals surface area contributed by atoms with Gasteiger partial charge in [0.2, 0.25) is 0 Å². The van der Waals surface area contributed by atoms with E-state index in [1.807, 2.05) is 0 Å². The summed E-state index contributed by atoms with van der Waals surface area (Å²) in [5.74, 6) is 0.249. The van der Waals surface area contributed by atoms with Crippen molar-refractivity contribution in [2.75, 3.05) is 14.2 Å². The Morgan fingerprint density at radius 1 is 0.840 bits per heavy atom. The van der Waals surface area contributed by atoms with Crippen LogP contribution in [0.5, 0.6) is 23.0 Å². The predicted octanol–water partition coefficient (Wildman–Crippen LogP) is 3.02. The van der Waals surface area contributed by atoms with Crippen molar-refractivity contribution in [1.29, 1.82) is 0 Å². The number of esters is 2. The maximum Gasteiger partial charge on any atom is 0.308 e. The summed E-state index contributed by atoms with van der Waals surface area (Å²) in [6.45, 7) is 2.57. The molecule has 2 rings (SSSR count). The first-order valence-corrected chi connectivity index (χ1v) is 7.10. The van der Waals surface area contributed by atoms with Crippen molar-refractivity contribution >= 4 is 11.9 Å². The SMILES string of the molecule is COc1[c-]ccc(OC)c1-c1c(OC(C)=O)cccc1OC(C)=O.[Y]. The number of hydrogen-bond donors (Lipinski definition) is 0. The van der Waals surface area contributed by atoms with E-state index >= 15 is 0 Å². The molecule has 0 aliphatic carbocycles. The van der Waals surface area contributed by atoms with E-state index in [1.54, 1.807) is 30.3 Å². The Hall–Kier alpha value is -1.92. The van der Waals surface area contributed by atoms with Crippen LogP contribution in [0.3, 0.4) is 0 Å². The Balaban J connectivity index is 0.00000312. The Kier molecular flexibility index (Phi) is 8.06. The summed E-state index contributed by atoms with van der Waals surface area (Å²) < 4.78 is 21.3. The maximum atomic E-state index is 11.4. The van der Waals surface area contributed by atoms with Gasteiger partial charge >= 0.3 is 11.9 Å². The third-order valence-corrected chi connectivity index (χ3v) is 3.09. The zero-order chi connectivity index (χ0) is 17.7. The van der Waals surface area contributed by atoms with Crippen molar-refractivity contribution in [3.8, 4) is 34.1 Å². The van der Waals surface area contributed by atoms with Crippen molar-refractivity contribution in [2.24, 2.45) is 0 Å². The van der Waals surface area contributed by atoms with Crippen LogP contribution >= 0.6 is 0 Å². The predicted molar refractivity (Wildman–Crippen MR) is 86.4 cm³/mol. The molecule has 0 atom stereocenters. The minimum atomic E-state index is -0.505. The largest absolute Gasteiger partial charge is 0.522 e. The topological polar surface area (TPSA) is 71.1 Å². The molecule has 0 aromatic heterocycles. The molecular weight excluding hydrogens is 401 g/mol. The number of carbonyl (C=O) groups excluding carboxylic acids is 2. The molecule has 2 aromatic rings. The van der Waals surface area contributed by atoms with E-state index in [9.17, 15) is 9.59 Å². The summed E-state index contributed by atoms with van der Waals surface area (Å²) in [7, 11) is 2.98. The van der Waals surface area contributed by atoms with E-state index in [4.69, 9.17) is 18.9 Å². The van der Waals surface area contributed by atoms with Crippen LogP contribution in [0.15, 0.2) is 30.3 Å². The molecule has 1 radical (unpaired) electrons. The molecule has 0 saturated carbocycles. The monoisotopic (exact) mass is 418 g/mol. The van der Waals surface area contributed by atoms with Gasteiger partial charge in [0.15, 0.2) is 0 Å². The quantitative estimate of drug-likeness (QED) is 0.423. The van der Waals surface area contributed by atoms with Gasteiger partial charge in [-0.05, 0) is 17.7 Å². The Morgan fingerprint density at radius 3 is 1.84 bits per heavy atom. The van der Waals surface area contributed by atoms with Gasteiger partial charge in [0.25, 0.3) is 0 Å². The van der Waals surface area contributed by atoms with Crippen molar-refractivity contribution in [3.05, 3.63) is 36.4 Å². The van der Waals surface area contributed by atoms with E-state index < -0.39 is 11.9 Å². The van der Waals surface area contributed by atoms with E-state index in [2.05, 4.69) is 6.07 Å². The van der Waals surface area contributed by atoms with Crippen molar-refractivity contribution in [3.63, 3.8) is 0 Å². The third-order valence-electron chi connectivity index (χ3n) is 3.09. The molecular formula is C18H17O6Y-. The average Bonchev–Trinajstić information content (AvgIpc) is 2.53. The molecule has 0 fully saturated rings. The Morgan fingerprint density at radius 2 is 1.40 bits per heavy atom. The molecule has 0 N–H and O–H groups in total. The van der Waals surface area contributed by atoms with Crippen molar-refractivity contribution in [1.82, 2.24) is 0 Å². The standard InChI is InChI=1S/C18H17O6.Y/c1-11(19)23-15-9-6-10-16(24-12(2)20)18(15)17-13(21-3)7-5-8-14(17)22-4;/h5-7,9-10H,1-4H3;/q-1;. The average molecular weight is 418 g/mol. The van der Waals surface area contributed by atoms with Crippen LogP contribution in [0.25, 0.3) is 11.1 Å². The molecule has 0 spiro atoms. The maximum absolute atomic E-state index is 11.4. The first-order valence-electron chi connectivity index (χ1n) is 7.10. The number of hydrogen-bond acceptors (Lipinski definition) is 6. The van der Waals surface area contributed by atoms with Gasteiger partial charge in [-0.1, -0.05) is 6.07 Å². The summed E-state index contributed by atoms with van der Waals surface area (Å²) in [5.41, 5.74) is 0.837. The molecule has 0 saturated heterocycles. The first kappa shape index (κ1) is 21.1. The zero-order valence-electron chi connectivity index (χ0n) is 14.4. The normalized spacial score (nSPS) is 9.60. The van der Waals surface area contributed by atoms with Crippen LogP contribution in [-0.4, -0.2) is 26.2 Å². The molecule has 129 valence electrons. The van der Waals surface area contributed by atoms with Gasteiger partial charge in [-0.2, -0.15) is 6.07 Å². The fourth-order valence-electron chi connectivity index (χ4n) is 2.27. The molecule has 25 heavy (non-hydrogen) atoms. The Labute approximate surface area is 171 Å². The Bertz CT molecular complexity index is 716. The third kappa shape index (κ3) is 5.03. The van der Waals surface area contributed by atoms with E-state index in [0.717, 1.165) is 0 Å². The fourth-order valence-corrected chi connectivity index (χ4v) is 2.27. The van der Waals surface area contributed by atoms with Gasteiger partial charge in [0.1, 0.15) is 11.5 Å². The minimum absolute atomic E-state index is 0. The van der Waals surface area contributed by atoms with Gasteiger partial charge < -0.3 is 18.9 Å². The second kappa shape index (κ2) is 9.54. The molecule has 6 nitrogen and oxygen atoms in total. The smallest absolute Gasteiger partial charge is 0.308 e. The van der Waals surface area contributed by atoms with Gasteiger partial charge in [-0.15, -0.1) is 12.1 Å². The summed E-state index contributed by atoms with van der Waals surface area (Å²) in [6, 6.07) is 11.1. The molecule has 0 bridgehead atoms. The molecule has 0 aliphatic rings. The summed E-state index contributed by atoms with van der Waals surface area (Å²) >= 11 is 0.